The topological polar surface area (TPSA) is 69.7 Å². The summed E-state index contributed by atoms with van der Waals surface area (Å²) in [6.45, 7) is 3.54. The van der Waals surface area contributed by atoms with Gasteiger partial charge in [0, 0.05) is 12.0 Å². The summed E-state index contributed by atoms with van der Waals surface area (Å²) in [5, 5.41) is 0. The quantitative estimate of drug-likeness (QED) is 0.419. The minimum atomic E-state index is -1.12. The molecule has 0 aliphatic rings. The number of halogens is 1. The highest BCUT2D eigenvalue weighted by Crippen LogP contribution is 2.15. The van der Waals surface area contributed by atoms with Crippen LogP contribution in [0.5, 0.6) is 0 Å². The molecule has 0 fully saturated rings. The van der Waals surface area contributed by atoms with E-state index in [0.717, 1.165) is 0 Å². The number of carbonyl (C=O) groups is 3. The maximum atomic E-state index is 12.8. The molecule has 0 aliphatic carbocycles. The van der Waals surface area contributed by atoms with Gasteiger partial charge in [-0.3, -0.25) is 14.4 Å². The van der Waals surface area contributed by atoms with Gasteiger partial charge in [0.1, 0.15) is 5.82 Å². The van der Waals surface area contributed by atoms with Gasteiger partial charge in [-0.25, -0.2) is 4.39 Å². The first-order valence-electron chi connectivity index (χ1n) is 7.11. The number of esters is 2. The van der Waals surface area contributed by atoms with Crippen molar-refractivity contribution in [3.8, 4) is 0 Å². The van der Waals surface area contributed by atoms with Gasteiger partial charge in [-0.15, -0.1) is 0 Å². The molecule has 0 bridgehead atoms. The maximum Gasteiger partial charge on any atom is 0.320 e. The Kier molecular flexibility index (Phi) is 7.22. The van der Waals surface area contributed by atoms with Crippen molar-refractivity contribution in [1.29, 1.82) is 0 Å². The number of benzene rings is 1. The molecule has 0 saturated heterocycles. The van der Waals surface area contributed by atoms with Gasteiger partial charge in [-0.05, 0) is 44.5 Å². The number of Topliss-reactive ketones (excluding diaryl/α,β-unsaturated/α-hetero) is 1. The summed E-state index contributed by atoms with van der Waals surface area (Å²) in [7, 11) is 0. The Morgan fingerprint density at radius 3 is 1.95 bits per heavy atom. The highest BCUT2D eigenvalue weighted by atomic mass is 19.1. The van der Waals surface area contributed by atoms with Crippen molar-refractivity contribution < 1.29 is 28.2 Å². The van der Waals surface area contributed by atoms with Crippen molar-refractivity contribution in [3.05, 3.63) is 35.6 Å². The second kappa shape index (κ2) is 8.92. The lowest BCUT2D eigenvalue weighted by Crippen LogP contribution is -2.28. The van der Waals surface area contributed by atoms with E-state index in [0.29, 0.717) is 5.56 Å². The molecule has 0 aromatic heterocycles. The van der Waals surface area contributed by atoms with Gasteiger partial charge in [-0.2, -0.15) is 0 Å². The van der Waals surface area contributed by atoms with Crippen LogP contribution in [0, 0.1) is 11.7 Å². The van der Waals surface area contributed by atoms with E-state index >= 15 is 0 Å². The van der Waals surface area contributed by atoms with Crippen LogP contribution in [0.15, 0.2) is 24.3 Å². The smallest absolute Gasteiger partial charge is 0.320 e. The lowest BCUT2D eigenvalue weighted by atomic mass is 9.98. The fraction of sp³-hybridized carbons (Fsp3) is 0.438. The SMILES string of the molecule is CCOC(=O)C(CCC(=O)c1ccc(F)cc1)C(=O)OCC. The number of hydrogen-bond donors (Lipinski definition) is 0. The summed E-state index contributed by atoms with van der Waals surface area (Å²) >= 11 is 0. The molecule has 0 amide bonds. The van der Waals surface area contributed by atoms with Crippen LogP contribution >= 0.6 is 0 Å². The molecule has 22 heavy (non-hydrogen) atoms. The number of ketones is 1. The van der Waals surface area contributed by atoms with Gasteiger partial charge >= 0.3 is 11.9 Å². The second-order valence-corrected chi connectivity index (χ2v) is 4.53. The number of ether oxygens (including phenoxy) is 2. The minimum Gasteiger partial charge on any atom is -0.465 e. The van der Waals surface area contributed by atoms with Crippen molar-refractivity contribution in [1.82, 2.24) is 0 Å². The van der Waals surface area contributed by atoms with E-state index in [1.807, 2.05) is 0 Å². The third-order valence-corrected chi connectivity index (χ3v) is 2.97. The third kappa shape index (κ3) is 5.27. The first-order chi connectivity index (χ1) is 10.5. The van der Waals surface area contributed by atoms with E-state index < -0.39 is 23.7 Å². The zero-order chi connectivity index (χ0) is 16.5. The third-order valence-electron chi connectivity index (χ3n) is 2.97. The Morgan fingerprint density at radius 1 is 1.00 bits per heavy atom. The Hall–Kier alpha value is -2.24. The molecule has 0 saturated carbocycles. The molecular formula is C16H19FO5. The van der Waals surface area contributed by atoms with Crippen LogP contribution in [0.1, 0.15) is 37.0 Å². The summed E-state index contributed by atoms with van der Waals surface area (Å²) in [4.78, 5) is 35.5. The monoisotopic (exact) mass is 310 g/mol. The van der Waals surface area contributed by atoms with E-state index in [2.05, 4.69) is 0 Å². The predicted molar refractivity (Wildman–Crippen MR) is 76.7 cm³/mol. The Morgan fingerprint density at radius 2 is 1.50 bits per heavy atom. The minimum absolute atomic E-state index is 0.00607. The Bertz CT molecular complexity index is 506. The Balaban J connectivity index is 2.69. The van der Waals surface area contributed by atoms with Gasteiger partial charge in [0.15, 0.2) is 11.7 Å². The van der Waals surface area contributed by atoms with Crippen LogP contribution in [0.4, 0.5) is 4.39 Å². The molecule has 1 aromatic rings. The van der Waals surface area contributed by atoms with E-state index in [1.165, 1.54) is 24.3 Å². The van der Waals surface area contributed by atoms with Crippen molar-refractivity contribution in [2.45, 2.75) is 26.7 Å². The molecule has 0 unspecified atom stereocenters. The molecule has 5 nitrogen and oxygen atoms in total. The average Bonchev–Trinajstić information content (AvgIpc) is 2.48. The molecule has 1 rings (SSSR count). The fourth-order valence-corrected chi connectivity index (χ4v) is 1.87. The first kappa shape index (κ1) is 17.8. The normalized spacial score (nSPS) is 10.4. The first-order valence-corrected chi connectivity index (χ1v) is 7.11. The van der Waals surface area contributed by atoms with Gasteiger partial charge in [0.25, 0.3) is 0 Å². The molecule has 1 aromatic carbocycles. The molecule has 0 atom stereocenters. The van der Waals surface area contributed by atoms with Gasteiger partial charge in [0.05, 0.1) is 13.2 Å². The fourth-order valence-electron chi connectivity index (χ4n) is 1.87. The largest absolute Gasteiger partial charge is 0.465 e. The standard InChI is InChI=1S/C16H19FO5/c1-3-21-15(19)13(16(20)22-4-2)9-10-14(18)11-5-7-12(17)8-6-11/h5-8,13H,3-4,9-10H2,1-2H3. The lowest BCUT2D eigenvalue weighted by Gasteiger charge is -2.13. The van der Waals surface area contributed by atoms with Crippen LogP contribution in [-0.2, 0) is 19.1 Å². The zero-order valence-electron chi connectivity index (χ0n) is 12.6. The average molecular weight is 310 g/mol. The number of hydrogen-bond acceptors (Lipinski definition) is 5. The highest BCUT2D eigenvalue weighted by Gasteiger charge is 2.30. The Labute approximate surface area is 128 Å². The summed E-state index contributed by atoms with van der Waals surface area (Å²) < 4.78 is 22.5. The van der Waals surface area contributed by atoms with Crippen LogP contribution in [-0.4, -0.2) is 30.9 Å². The molecule has 0 N–H and O–H groups in total. The van der Waals surface area contributed by atoms with Crippen LogP contribution in [0.3, 0.4) is 0 Å². The summed E-state index contributed by atoms with van der Waals surface area (Å²) in [6.07, 6.45) is -0.0399. The molecule has 0 spiro atoms. The maximum absolute atomic E-state index is 12.8. The van der Waals surface area contributed by atoms with Gasteiger partial charge in [-0.1, -0.05) is 0 Å². The van der Waals surface area contributed by atoms with E-state index in [1.54, 1.807) is 13.8 Å². The lowest BCUT2D eigenvalue weighted by molar-refractivity contribution is -0.161. The van der Waals surface area contributed by atoms with Crippen molar-refractivity contribution in [3.63, 3.8) is 0 Å². The van der Waals surface area contributed by atoms with Crippen LogP contribution in [0.25, 0.3) is 0 Å². The predicted octanol–water partition coefficient (Wildman–Crippen LogP) is 2.53. The highest BCUT2D eigenvalue weighted by molar-refractivity contribution is 5.98. The van der Waals surface area contributed by atoms with E-state index in [9.17, 15) is 18.8 Å². The van der Waals surface area contributed by atoms with Crippen LogP contribution < -0.4 is 0 Å². The summed E-state index contributed by atoms with van der Waals surface area (Å²) in [5.74, 6) is -3.24. The zero-order valence-corrected chi connectivity index (χ0v) is 12.6. The summed E-state index contributed by atoms with van der Waals surface area (Å²) in [6, 6.07) is 5.09. The van der Waals surface area contributed by atoms with Gasteiger partial charge in [0.2, 0.25) is 0 Å². The van der Waals surface area contributed by atoms with Gasteiger partial charge < -0.3 is 9.47 Å². The second-order valence-electron chi connectivity index (χ2n) is 4.53. The number of carbonyl (C=O) groups excluding carboxylic acids is 3. The van der Waals surface area contributed by atoms with Crippen molar-refractivity contribution in [2.24, 2.45) is 5.92 Å². The molecule has 0 radical (unpaired) electrons. The summed E-state index contributed by atoms with van der Waals surface area (Å²) in [5.41, 5.74) is 0.327. The van der Waals surface area contributed by atoms with Crippen molar-refractivity contribution in [2.75, 3.05) is 13.2 Å². The molecular weight excluding hydrogens is 291 g/mol. The van der Waals surface area contributed by atoms with E-state index in [-0.39, 0.29) is 31.8 Å². The van der Waals surface area contributed by atoms with Crippen LogP contribution in [0.2, 0.25) is 0 Å². The molecule has 0 aliphatic heterocycles. The van der Waals surface area contributed by atoms with Crippen molar-refractivity contribution >= 4 is 17.7 Å². The molecule has 6 heteroatoms. The number of rotatable bonds is 8. The molecule has 0 heterocycles. The molecule has 120 valence electrons. The van der Waals surface area contributed by atoms with E-state index in [4.69, 9.17) is 9.47 Å².